The Morgan fingerprint density at radius 2 is 1.96 bits per heavy atom. The van der Waals surface area contributed by atoms with Gasteiger partial charge in [-0.05, 0) is 25.2 Å². The van der Waals surface area contributed by atoms with Crippen molar-refractivity contribution in [1.29, 1.82) is 0 Å². The summed E-state index contributed by atoms with van der Waals surface area (Å²) < 4.78 is 15.3. The van der Waals surface area contributed by atoms with Gasteiger partial charge in [-0.25, -0.2) is 0 Å². The van der Waals surface area contributed by atoms with Crippen LogP contribution in [0.5, 0.6) is 0 Å². The fraction of sp³-hybridized carbons (Fsp3) is 0.389. The number of hydrogen-bond donors (Lipinski definition) is 0. The van der Waals surface area contributed by atoms with Crippen LogP contribution in [0.4, 0.5) is 0 Å². The summed E-state index contributed by atoms with van der Waals surface area (Å²) in [6.07, 6.45) is 3.52. The maximum Gasteiger partial charge on any atom is 0.303 e. The van der Waals surface area contributed by atoms with Gasteiger partial charge < -0.3 is 14.2 Å². The minimum Gasteiger partial charge on any atom is -0.461 e. The monoisotopic (exact) mass is 362 g/mol. The summed E-state index contributed by atoms with van der Waals surface area (Å²) in [6, 6.07) is 0. The standard InChI is InChI=1S/C18H18O8/c1-10(5-4-6-19)7-15(25-12(3)21)18-14(22)8-13(9-24-11(2)20)16(23)17(18)26-18/h4-8,15,17H,9H2,1-3H3/b5-4+,10-7+. The number of ether oxygens (including phenoxy) is 3. The lowest BCUT2D eigenvalue weighted by molar-refractivity contribution is -0.149. The second-order valence-corrected chi connectivity index (χ2v) is 5.91. The normalized spacial score (nSPS) is 26.0. The van der Waals surface area contributed by atoms with E-state index in [0.717, 1.165) is 6.08 Å². The number of carbonyl (C=O) groups is 5. The molecular formula is C18H18O8. The second kappa shape index (κ2) is 7.57. The molecule has 0 N–H and O–H groups in total. The van der Waals surface area contributed by atoms with Crippen molar-refractivity contribution in [3.63, 3.8) is 0 Å². The van der Waals surface area contributed by atoms with Gasteiger partial charge in [0.2, 0.25) is 5.60 Å². The predicted molar refractivity (Wildman–Crippen MR) is 86.8 cm³/mol. The summed E-state index contributed by atoms with van der Waals surface area (Å²) in [5.41, 5.74) is -1.06. The fourth-order valence-corrected chi connectivity index (χ4v) is 2.67. The summed E-state index contributed by atoms with van der Waals surface area (Å²) in [7, 11) is 0. The SMILES string of the molecule is CC(=O)OCC1=CC(=O)C2(C(/C=C(C)/C=C/C=O)OC(C)=O)OC2C1=O. The molecule has 0 bridgehead atoms. The molecule has 3 unspecified atom stereocenters. The summed E-state index contributed by atoms with van der Waals surface area (Å²) in [4.78, 5) is 57.8. The Morgan fingerprint density at radius 1 is 1.27 bits per heavy atom. The Kier molecular flexibility index (Phi) is 5.66. The molecule has 138 valence electrons. The highest BCUT2D eigenvalue weighted by molar-refractivity contribution is 6.19. The van der Waals surface area contributed by atoms with Gasteiger partial charge in [-0.15, -0.1) is 0 Å². The molecule has 1 aliphatic carbocycles. The van der Waals surface area contributed by atoms with Gasteiger partial charge in [0.15, 0.2) is 23.8 Å². The summed E-state index contributed by atoms with van der Waals surface area (Å²) in [5, 5.41) is 0. The Morgan fingerprint density at radius 3 is 2.54 bits per heavy atom. The number of carbonyl (C=O) groups excluding carboxylic acids is 5. The van der Waals surface area contributed by atoms with Crippen LogP contribution in [-0.2, 0) is 38.2 Å². The zero-order valence-electron chi connectivity index (χ0n) is 14.5. The van der Waals surface area contributed by atoms with E-state index in [1.807, 2.05) is 0 Å². The van der Waals surface area contributed by atoms with E-state index in [9.17, 15) is 24.0 Å². The number of Topliss-reactive ketones (excluding diaryl/α,β-unsaturated/α-hetero) is 1. The van der Waals surface area contributed by atoms with Gasteiger partial charge in [0.25, 0.3) is 0 Å². The highest BCUT2D eigenvalue weighted by atomic mass is 16.7. The molecule has 1 fully saturated rings. The molecule has 8 nitrogen and oxygen atoms in total. The van der Waals surface area contributed by atoms with Crippen molar-refractivity contribution in [2.45, 2.75) is 38.6 Å². The number of aldehydes is 1. The molecule has 0 radical (unpaired) electrons. The van der Waals surface area contributed by atoms with E-state index in [2.05, 4.69) is 0 Å². The first-order valence-corrected chi connectivity index (χ1v) is 7.80. The maximum absolute atomic E-state index is 12.6. The van der Waals surface area contributed by atoms with Gasteiger partial charge in [0.05, 0.1) is 0 Å². The molecule has 1 aliphatic heterocycles. The van der Waals surface area contributed by atoms with Gasteiger partial charge in [0.1, 0.15) is 12.9 Å². The van der Waals surface area contributed by atoms with Crippen LogP contribution in [-0.4, -0.2) is 54.2 Å². The molecule has 0 aromatic heterocycles. The number of rotatable bonds is 7. The molecule has 0 amide bonds. The number of epoxide rings is 1. The Bertz CT molecular complexity index is 757. The molecule has 2 rings (SSSR count). The third-order valence-corrected chi connectivity index (χ3v) is 3.89. The van der Waals surface area contributed by atoms with Crippen molar-refractivity contribution in [2.75, 3.05) is 6.61 Å². The first-order valence-electron chi connectivity index (χ1n) is 7.80. The van der Waals surface area contributed by atoms with Crippen LogP contribution in [0.25, 0.3) is 0 Å². The lowest BCUT2D eigenvalue weighted by atomic mass is 9.83. The van der Waals surface area contributed by atoms with Crippen LogP contribution < -0.4 is 0 Å². The molecule has 2 aliphatic rings. The average molecular weight is 362 g/mol. The molecular weight excluding hydrogens is 344 g/mol. The first kappa shape index (κ1) is 19.5. The van der Waals surface area contributed by atoms with Gasteiger partial charge >= 0.3 is 11.9 Å². The van der Waals surface area contributed by atoms with Crippen molar-refractivity contribution in [3.05, 3.63) is 35.5 Å². The smallest absolute Gasteiger partial charge is 0.303 e. The summed E-state index contributed by atoms with van der Waals surface area (Å²) in [5.74, 6) is -2.30. The van der Waals surface area contributed by atoms with Gasteiger partial charge in [-0.1, -0.05) is 11.6 Å². The zero-order chi connectivity index (χ0) is 19.5. The quantitative estimate of drug-likeness (QED) is 0.210. The topological polar surface area (TPSA) is 116 Å². The van der Waals surface area contributed by atoms with Gasteiger partial charge in [0, 0.05) is 19.4 Å². The minimum absolute atomic E-state index is 0.0199. The summed E-state index contributed by atoms with van der Waals surface area (Å²) >= 11 is 0. The van der Waals surface area contributed by atoms with E-state index in [4.69, 9.17) is 14.2 Å². The molecule has 8 heteroatoms. The van der Waals surface area contributed by atoms with Gasteiger partial charge in [-0.3, -0.25) is 24.0 Å². The third-order valence-electron chi connectivity index (χ3n) is 3.89. The number of esters is 2. The van der Waals surface area contributed by atoms with Crippen molar-refractivity contribution < 1.29 is 38.2 Å². The highest BCUT2D eigenvalue weighted by Crippen LogP contribution is 2.47. The van der Waals surface area contributed by atoms with E-state index in [-0.39, 0.29) is 12.2 Å². The lowest BCUT2D eigenvalue weighted by Crippen LogP contribution is -2.46. The van der Waals surface area contributed by atoms with Crippen LogP contribution in [0.3, 0.4) is 0 Å². The second-order valence-electron chi connectivity index (χ2n) is 5.91. The highest BCUT2D eigenvalue weighted by Gasteiger charge is 2.72. The van der Waals surface area contributed by atoms with Crippen LogP contribution in [0.15, 0.2) is 35.5 Å². The van der Waals surface area contributed by atoms with E-state index >= 15 is 0 Å². The molecule has 1 heterocycles. The predicted octanol–water partition coefficient (Wildman–Crippen LogP) is 0.398. The van der Waals surface area contributed by atoms with Crippen molar-refractivity contribution >= 4 is 29.8 Å². The van der Waals surface area contributed by atoms with E-state index < -0.39 is 41.3 Å². The maximum atomic E-state index is 12.6. The lowest BCUT2D eigenvalue weighted by Gasteiger charge is -2.23. The largest absolute Gasteiger partial charge is 0.461 e. The van der Waals surface area contributed by atoms with Crippen LogP contribution in [0, 0.1) is 0 Å². The molecule has 3 atom stereocenters. The number of allylic oxidation sites excluding steroid dienone is 3. The van der Waals surface area contributed by atoms with E-state index in [1.54, 1.807) is 6.92 Å². The molecule has 1 saturated heterocycles. The molecule has 0 aromatic carbocycles. The van der Waals surface area contributed by atoms with Gasteiger partial charge in [-0.2, -0.15) is 0 Å². The summed E-state index contributed by atoms with van der Waals surface area (Å²) in [6.45, 7) is 3.67. The van der Waals surface area contributed by atoms with E-state index in [1.165, 1.54) is 32.1 Å². The zero-order valence-corrected chi connectivity index (χ0v) is 14.5. The minimum atomic E-state index is -1.63. The molecule has 0 saturated carbocycles. The average Bonchev–Trinajstić information content (AvgIpc) is 3.31. The number of fused-ring (bicyclic) bond motifs is 1. The van der Waals surface area contributed by atoms with Crippen molar-refractivity contribution in [1.82, 2.24) is 0 Å². The molecule has 26 heavy (non-hydrogen) atoms. The molecule has 0 spiro atoms. The Balaban J connectivity index is 2.32. The number of ketones is 2. The molecule has 0 aromatic rings. The first-order chi connectivity index (χ1) is 12.2. The van der Waals surface area contributed by atoms with Crippen LogP contribution >= 0.6 is 0 Å². The fourth-order valence-electron chi connectivity index (χ4n) is 2.67. The van der Waals surface area contributed by atoms with E-state index in [0.29, 0.717) is 11.9 Å². The third kappa shape index (κ3) is 3.85. The van der Waals surface area contributed by atoms with Crippen LogP contribution in [0.1, 0.15) is 20.8 Å². The van der Waals surface area contributed by atoms with Crippen molar-refractivity contribution in [2.24, 2.45) is 0 Å². The van der Waals surface area contributed by atoms with Crippen molar-refractivity contribution in [3.8, 4) is 0 Å². The Labute approximate surface area is 149 Å². The van der Waals surface area contributed by atoms with Crippen LogP contribution in [0.2, 0.25) is 0 Å². The number of hydrogen-bond acceptors (Lipinski definition) is 8. The Hall–Kier alpha value is -2.87.